The number of hydrogen-bond donors (Lipinski definition) is 0. The highest BCUT2D eigenvalue weighted by Crippen LogP contribution is 2.24. The van der Waals surface area contributed by atoms with E-state index in [1.807, 2.05) is 0 Å². The standard InChI is InChI=1S/C19H21ClN4OS/c1-13(2)7-9-24-18(25)16-6-5-15(20)10-17(16)23-19(24)26-12-14(11-22)4-3-8-21/h5-6,10,13-14H,3-4,7,9,12H2,1-2H3/t14-/m1/s1. The fourth-order valence-corrected chi connectivity index (χ4v) is 3.72. The summed E-state index contributed by atoms with van der Waals surface area (Å²) in [4.78, 5) is 17.5. The molecule has 0 aliphatic rings. The summed E-state index contributed by atoms with van der Waals surface area (Å²) in [6.07, 6.45) is 1.74. The van der Waals surface area contributed by atoms with E-state index >= 15 is 0 Å². The zero-order valence-electron chi connectivity index (χ0n) is 14.9. The average Bonchev–Trinajstić information content (AvgIpc) is 2.60. The fourth-order valence-electron chi connectivity index (χ4n) is 2.47. The lowest BCUT2D eigenvalue weighted by Crippen LogP contribution is -2.24. The Hall–Kier alpha value is -2.02. The predicted octanol–water partition coefficient (Wildman–Crippen LogP) is 4.63. The highest BCUT2D eigenvalue weighted by molar-refractivity contribution is 7.99. The molecule has 7 heteroatoms. The van der Waals surface area contributed by atoms with Crippen LogP contribution >= 0.6 is 23.4 Å². The van der Waals surface area contributed by atoms with E-state index in [-0.39, 0.29) is 11.5 Å². The largest absolute Gasteiger partial charge is 0.287 e. The molecule has 0 aliphatic carbocycles. The highest BCUT2D eigenvalue weighted by atomic mass is 35.5. The third kappa shape index (κ3) is 5.24. The number of aromatic nitrogens is 2. The molecule has 1 aromatic heterocycles. The van der Waals surface area contributed by atoms with Crippen LogP contribution in [0.3, 0.4) is 0 Å². The summed E-state index contributed by atoms with van der Waals surface area (Å²) in [6, 6.07) is 9.39. The second kappa shape index (κ2) is 9.62. The molecule has 2 rings (SSSR count). The van der Waals surface area contributed by atoms with Crippen LogP contribution in [0, 0.1) is 34.5 Å². The van der Waals surface area contributed by atoms with Crippen molar-refractivity contribution in [2.24, 2.45) is 11.8 Å². The number of fused-ring (bicyclic) bond motifs is 1. The Bertz CT molecular complexity index is 911. The van der Waals surface area contributed by atoms with Crippen molar-refractivity contribution in [3.05, 3.63) is 33.6 Å². The molecule has 5 nitrogen and oxygen atoms in total. The average molecular weight is 389 g/mol. The highest BCUT2D eigenvalue weighted by Gasteiger charge is 2.15. The van der Waals surface area contributed by atoms with Gasteiger partial charge in [-0.3, -0.25) is 9.36 Å². The van der Waals surface area contributed by atoms with Crippen molar-refractivity contribution in [2.75, 3.05) is 5.75 Å². The van der Waals surface area contributed by atoms with Crippen molar-refractivity contribution in [3.63, 3.8) is 0 Å². The number of benzene rings is 1. The van der Waals surface area contributed by atoms with E-state index in [4.69, 9.17) is 16.9 Å². The maximum absolute atomic E-state index is 12.9. The molecule has 0 aliphatic heterocycles. The number of nitrogens with zero attached hydrogens (tertiary/aromatic N) is 4. The first kappa shape index (κ1) is 20.3. The summed E-state index contributed by atoms with van der Waals surface area (Å²) in [5.74, 6) is 0.714. The molecule has 2 aromatic rings. The van der Waals surface area contributed by atoms with Crippen LogP contribution in [0.4, 0.5) is 0 Å². The summed E-state index contributed by atoms with van der Waals surface area (Å²) in [5, 5.41) is 19.6. The lowest BCUT2D eigenvalue weighted by atomic mass is 10.1. The van der Waals surface area contributed by atoms with Crippen molar-refractivity contribution in [1.29, 1.82) is 10.5 Å². The minimum absolute atomic E-state index is 0.0830. The van der Waals surface area contributed by atoms with Gasteiger partial charge in [0.05, 0.1) is 29.0 Å². The molecule has 1 atom stereocenters. The number of nitriles is 2. The third-order valence-corrected chi connectivity index (χ3v) is 5.39. The van der Waals surface area contributed by atoms with E-state index in [2.05, 4.69) is 31.0 Å². The van der Waals surface area contributed by atoms with E-state index < -0.39 is 0 Å². The van der Waals surface area contributed by atoms with Gasteiger partial charge in [0.2, 0.25) is 0 Å². The normalized spacial score (nSPS) is 12.1. The van der Waals surface area contributed by atoms with Gasteiger partial charge in [-0.15, -0.1) is 0 Å². The van der Waals surface area contributed by atoms with Crippen LogP contribution in [-0.4, -0.2) is 15.3 Å². The molecule has 1 heterocycles. The Balaban J connectivity index is 2.38. The van der Waals surface area contributed by atoms with Crippen molar-refractivity contribution in [1.82, 2.24) is 9.55 Å². The SMILES string of the molecule is CC(C)CCn1c(SC[C@@H](C#N)CCC#N)nc2cc(Cl)ccc2c1=O. The Labute approximate surface area is 162 Å². The number of hydrogen-bond acceptors (Lipinski definition) is 5. The van der Waals surface area contributed by atoms with Gasteiger partial charge in [0.15, 0.2) is 5.16 Å². The van der Waals surface area contributed by atoms with Gasteiger partial charge < -0.3 is 0 Å². The van der Waals surface area contributed by atoms with Crippen molar-refractivity contribution < 1.29 is 0 Å². The Morgan fingerprint density at radius 1 is 1.31 bits per heavy atom. The Morgan fingerprint density at radius 2 is 2.08 bits per heavy atom. The first-order chi connectivity index (χ1) is 12.5. The Kier molecular flexibility index (Phi) is 7.50. The fraction of sp³-hybridized carbons (Fsp3) is 0.474. The minimum atomic E-state index is -0.245. The van der Waals surface area contributed by atoms with E-state index in [1.165, 1.54) is 11.8 Å². The lowest BCUT2D eigenvalue weighted by Gasteiger charge is -2.15. The number of thioether (sulfide) groups is 1. The summed E-state index contributed by atoms with van der Waals surface area (Å²) < 4.78 is 1.69. The van der Waals surface area contributed by atoms with Crippen LogP contribution in [-0.2, 0) is 6.54 Å². The van der Waals surface area contributed by atoms with Gasteiger partial charge in [-0.2, -0.15) is 10.5 Å². The smallest absolute Gasteiger partial charge is 0.262 e. The first-order valence-corrected chi connectivity index (χ1v) is 9.92. The van der Waals surface area contributed by atoms with Gasteiger partial charge in [0.1, 0.15) is 0 Å². The summed E-state index contributed by atoms with van der Waals surface area (Å²) in [7, 11) is 0. The predicted molar refractivity (Wildman–Crippen MR) is 105 cm³/mol. The third-order valence-electron chi connectivity index (χ3n) is 4.01. The monoisotopic (exact) mass is 388 g/mol. The minimum Gasteiger partial charge on any atom is -0.287 e. The zero-order valence-corrected chi connectivity index (χ0v) is 16.5. The summed E-state index contributed by atoms with van der Waals surface area (Å²) in [6.45, 7) is 4.80. The molecule has 0 saturated carbocycles. The van der Waals surface area contributed by atoms with Crippen LogP contribution in [0.1, 0.15) is 33.1 Å². The molecule has 0 N–H and O–H groups in total. The van der Waals surface area contributed by atoms with Crippen LogP contribution < -0.4 is 5.56 Å². The molecule has 0 radical (unpaired) electrons. The van der Waals surface area contributed by atoms with Gasteiger partial charge >= 0.3 is 0 Å². The quantitative estimate of drug-likeness (QED) is 0.486. The van der Waals surface area contributed by atoms with Crippen molar-refractivity contribution in [3.8, 4) is 12.1 Å². The van der Waals surface area contributed by atoms with Crippen molar-refractivity contribution in [2.45, 2.75) is 44.8 Å². The van der Waals surface area contributed by atoms with E-state index in [9.17, 15) is 10.1 Å². The zero-order chi connectivity index (χ0) is 19.1. The van der Waals surface area contributed by atoms with Crippen LogP contribution in [0.2, 0.25) is 5.02 Å². The second-order valence-corrected chi connectivity index (χ2v) is 7.95. The topological polar surface area (TPSA) is 82.5 Å². The van der Waals surface area contributed by atoms with Gasteiger partial charge in [-0.1, -0.05) is 37.2 Å². The maximum atomic E-state index is 12.9. The van der Waals surface area contributed by atoms with Crippen LogP contribution in [0.25, 0.3) is 10.9 Å². The number of rotatable bonds is 8. The molecule has 1 aromatic carbocycles. The number of halogens is 1. The molecule has 0 amide bonds. The molecular weight excluding hydrogens is 368 g/mol. The van der Waals surface area contributed by atoms with Gasteiger partial charge in [0, 0.05) is 23.7 Å². The molecule has 0 fully saturated rings. The molecule has 0 bridgehead atoms. The maximum Gasteiger partial charge on any atom is 0.262 e. The van der Waals surface area contributed by atoms with Gasteiger partial charge in [-0.25, -0.2) is 4.98 Å². The first-order valence-electron chi connectivity index (χ1n) is 8.55. The van der Waals surface area contributed by atoms with Crippen LogP contribution in [0.5, 0.6) is 0 Å². The van der Waals surface area contributed by atoms with Crippen LogP contribution in [0.15, 0.2) is 28.2 Å². The van der Waals surface area contributed by atoms with E-state index in [0.717, 1.165) is 6.42 Å². The summed E-state index contributed by atoms with van der Waals surface area (Å²) in [5.41, 5.74) is 0.483. The molecule has 0 spiro atoms. The van der Waals surface area contributed by atoms with Crippen molar-refractivity contribution >= 4 is 34.3 Å². The van der Waals surface area contributed by atoms with E-state index in [1.54, 1.807) is 22.8 Å². The molecule has 136 valence electrons. The van der Waals surface area contributed by atoms with Gasteiger partial charge in [0.25, 0.3) is 5.56 Å². The second-order valence-electron chi connectivity index (χ2n) is 6.53. The molecule has 26 heavy (non-hydrogen) atoms. The molecule has 0 unspecified atom stereocenters. The summed E-state index contributed by atoms with van der Waals surface area (Å²) >= 11 is 7.44. The molecule has 0 saturated heterocycles. The van der Waals surface area contributed by atoms with E-state index in [0.29, 0.717) is 52.1 Å². The molecular formula is C19H21ClN4OS. The van der Waals surface area contributed by atoms with Gasteiger partial charge in [-0.05, 0) is 37.0 Å². The lowest BCUT2D eigenvalue weighted by molar-refractivity contribution is 0.480. The Morgan fingerprint density at radius 3 is 2.73 bits per heavy atom.